The van der Waals surface area contributed by atoms with Gasteiger partial charge in [0.05, 0.1) is 11.3 Å². The third kappa shape index (κ3) is 3.75. The number of hydrogen-bond donors (Lipinski definition) is 0. The van der Waals surface area contributed by atoms with Crippen molar-refractivity contribution in [3.8, 4) is 0 Å². The topological polar surface area (TPSA) is 60.7 Å². The first-order chi connectivity index (χ1) is 12.0. The molecule has 0 bridgehead atoms. The number of benzene rings is 1. The molecule has 9 heteroatoms. The van der Waals surface area contributed by atoms with Crippen LogP contribution in [0, 0.1) is 11.6 Å². The van der Waals surface area contributed by atoms with Crippen molar-refractivity contribution < 1.29 is 23.1 Å². The van der Waals surface area contributed by atoms with Crippen LogP contribution >= 0.6 is 22.9 Å². The Morgan fingerprint density at radius 1 is 1.36 bits per heavy atom. The summed E-state index contributed by atoms with van der Waals surface area (Å²) in [5, 5.41) is 2.02. The Kier molecular flexibility index (Phi) is 4.91. The number of ketones is 1. The van der Waals surface area contributed by atoms with Gasteiger partial charge in [-0.3, -0.25) is 9.20 Å². The Balaban J connectivity index is 1.65. The number of thiazole rings is 1. The lowest BCUT2D eigenvalue weighted by atomic mass is 10.1. The zero-order valence-corrected chi connectivity index (χ0v) is 14.0. The average molecular weight is 383 g/mol. The number of carbonyl (C=O) groups is 2. The monoisotopic (exact) mass is 382 g/mol. The number of imidazole rings is 1. The first kappa shape index (κ1) is 17.2. The van der Waals surface area contributed by atoms with Crippen molar-refractivity contribution in [3.05, 3.63) is 63.9 Å². The maximum atomic E-state index is 13.5. The van der Waals surface area contributed by atoms with Gasteiger partial charge < -0.3 is 4.74 Å². The zero-order chi connectivity index (χ0) is 18.0. The molecule has 2 heterocycles. The van der Waals surface area contributed by atoms with E-state index in [4.69, 9.17) is 16.3 Å². The van der Waals surface area contributed by atoms with Gasteiger partial charge in [0.1, 0.15) is 11.6 Å². The Morgan fingerprint density at radius 3 is 2.96 bits per heavy atom. The molecule has 0 N–H and O–H groups in total. The van der Waals surface area contributed by atoms with Crippen LogP contribution in [0.1, 0.15) is 16.1 Å². The van der Waals surface area contributed by atoms with Crippen molar-refractivity contribution in [2.75, 3.05) is 6.61 Å². The number of nitrogens with zero attached hydrogens (tertiary/aromatic N) is 2. The highest BCUT2D eigenvalue weighted by molar-refractivity contribution is 7.15. The maximum Gasteiger partial charge on any atom is 0.331 e. The molecule has 0 amide bonds. The van der Waals surface area contributed by atoms with Gasteiger partial charge in [-0.15, -0.1) is 11.3 Å². The van der Waals surface area contributed by atoms with E-state index >= 15 is 0 Å². The lowest BCUT2D eigenvalue weighted by Gasteiger charge is -2.03. The Bertz CT molecular complexity index is 997. The molecule has 0 saturated carbocycles. The highest BCUT2D eigenvalue weighted by Gasteiger charge is 2.15. The number of hydrogen-bond acceptors (Lipinski definition) is 5. The molecule has 0 saturated heterocycles. The quantitative estimate of drug-likeness (QED) is 0.383. The third-order valence-electron chi connectivity index (χ3n) is 3.21. The van der Waals surface area contributed by atoms with Gasteiger partial charge in [0.15, 0.2) is 16.7 Å². The van der Waals surface area contributed by atoms with Crippen LogP contribution in [0.4, 0.5) is 8.78 Å². The Labute approximate surface area is 149 Å². The van der Waals surface area contributed by atoms with Crippen molar-refractivity contribution in [3.63, 3.8) is 0 Å². The average Bonchev–Trinajstić information content (AvgIpc) is 3.13. The normalized spacial score (nSPS) is 11.3. The molecule has 128 valence electrons. The molecule has 0 atom stereocenters. The first-order valence-electron chi connectivity index (χ1n) is 6.90. The number of aromatic nitrogens is 2. The number of ether oxygens (including phenoxy) is 1. The van der Waals surface area contributed by atoms with E-state index in [-0.39, 0.29) is 5.15 Å². The van der Waals surface area contributed by atoms with Gasteiger partial charge in [-0.05, 0) is 24.3 Å². The fourth-order valence-electron chi connectivity index (χ4n) is 2.05. The number of Topliss-reactive ketones (excluding diaryl/α,β-unsaturated/α-hetero) is 1. The SMILES string of the molecule is O=C(/C=C\c1c(Cl)nc2sccn12)OCC(=O)c1cc(F)ccc1F. The van der Waals surface area contributed by atoms with Gasteiger partial charge in [0.25, 0.3) is 0 Å². The van der Waals surface area contributed by atoms with E-state index < -0.39 is 35.6 Å². The number of fused-ring (bicyclic) bond motifs is 1. The van der Waals surface area contributed by atoms with Crippen molar-refractivity contribution >= 4 is 45.7 Å². The molecule has 25 heavy (non-hydrogen) atoms. The summed E-state index contributed by atoms with van der Waals surface area (Å²) in [6, 6.07) is 2.47. The van der Waals surface area contributed by atoms with Crippen LogP contribution in [0.3, 0.4) is 0 Å². The van der Waals surface area contributed by atoms with Gasteiger partial charge >= 0.3 is 5.97 Å². The van der Waals surface area contributed by atoms with Gasteiger partial charge in [-0.1, -0.05) is 11.6 Å². The van der Waals surface area contributed by atoms with E-state index in [1.165, 1.54) is 17.4 Å². The van der Waals surface area contributed by atoms with Gasteiger partial charge in [-0.25, -0.2) is 18.6 Å². The molecule has 0 unspecified atom stereocenters. The molecular weight excluding hydrogens is 374 g/mol. The second-order valence-electron chi connectivity index (χ2n) is 4.83. The van der Waals surface area contributed by atoms with E-state index in [9.17, 15) is 18.4 Å². The number of esters is 1. The van der Waals surface area contributed by atoms with E-state index in [0.29, 0.717) is 10.7 Å². The van der Waals surface area contributed by atoms with Gasteiger partial charge in [-0.2, -0.15) is 0 Å². The summed E-state index contributed by atoms with van der Waals surface area (Å²) in [4.78, 5) is 28.3. The van der Waals surface area contributed by atoms with Crippen LogP contribution in [0.2, 0.25) is 5.15 Å². The molecular formula is C16H9ClF2N2O3S. The number of carbonyl (C=O) groups excluding carboxylic acids is 2. The summed E-state index contributed by atoms with van der Waals surface area (Å²) in [7, 11) is 0. The predicted molar refractivity (Wildman–Crippen MR) is 88.8 cm³/mol. The van der Waals surface area contributed by atoms with E-state index in [2.05, 4.69) is 4.98 Å². The van der Waals surface area contributed by atoms with Gasteiger partial charge in [0.2, 0.25) is 5.78 Å². The predicted octanol–water partition coefficient (Wildman–Crippen LogP) is 3.77. The second-order valence-corrected chi connectivity index (χ2v) is 6.06. The minimum atomic E-state index is -0.885. The van der Waals surface area contributed by atoms with E-state index in [1.54, 1.807) is 16.0 Å². The van der Waals surface area contributed by atoms with E-state index in [0.717, 1.165) is 24.3 Å². The molecule has 3 aromatic rings. The molecule has 0 aliphatic carbocycles. The zero-order valence-electron chi connectivity index (χ0n) is 12.4. The fraction of sp³-hybridized carbons (Fsp3) is 0.0625. The second kappa shape index (κ2) is 7.12. The molecule has 0 spiro atoms. The summed E-state index contributed by atoms with van der Waals surface area (Å²) >= 11 is 7.35. The third-order valence-corrected chi connectivity index (χ3v) is 4.24. The Hall–Kier alpha value is -2.58. The maximum absolute atomic E-state index is 13.5. The van der Waals surface area contributed by atoms with Crippen LogP contribution < -0.4 is 0 Å². The minimum Gasteiger partial charge on any atom is -0.454 e. The van der Waals surface area contributed by atoms with Crippen molar-refractivity contribution in [1.29, 1.82) is 0 Å². The summed E-state index contributed by atoms with van der Waals surface area (Å²) in [5.74, 6) is -3.32. The van der Waals surface area contributed by atoms with Crippen molar-refractivity contribution in [1.82, 2.24) is 9.38 Å². The minimum absolute atomic E-state index is 0.216. The Morgan fingerprint density at radius 2 is 2.16 bits per heavy atom. The number of halogens is 3. The standard InChI is InChI=1S/C16H9ClF2N2O3S/c17-15-12(21-5-6-25-16(21)20-15)3-4-14(23)24-8-13(22)10-7-9(18)1-2-11(10)19/h1-7H,8H2/b4-3-. The highest BCUT2D eigenvalue weighted by atomic mass is 35.5. The fourth-order valence-corrected chi connectivity index (χ4v) is 3.05. The van der Waals surface area contributed by atoms with Crippen LogP contribution in [0.5, 0.6) is 0 Å². The summed E-state index contributed by atoms with van der Waals surface area (Å²) < 4.78 is 33.0. The van der Waals surface area contributed by atoms with Crippen LogP contribution in [-0.4, -0.2) is 27.7 Å². The van der Waals surface area contributed by atoms with Gasteiger partial charge in [0, 0.05) is 17.7 Å². The lowest BCUT2D eigenvalue weighted by Crippen LogP contribution is -2.14. The molecule has 2 aromatic heterocycles. The molecule has 0 fully saturated rings. The molecule has 5 nitrogen and oxygen atoms in total. The summed E-state index contributed by atoms with van der Waals surface area (Å²) in [5.41, 5.74) is 0.00737. The lowest BCUT2D eigenvalue weighted by molar-refractivity contribution is -0.136. The van der Waals surface area contributed by atoms with E-state index in [1.807, 2.05) is 0 Å². The summed E-state index contributed by atoms with van der Waals surface area (Å²) in [6.07, 6.45) is 4.20. The smallest absolute Gasteiger partial charge is 0.331 e. The highest BCUT2D eigenvalue weighted by Crippen LogP contribution is 2.22. The number of rotatable bonds is 5. The largest absolute Gasteiger partial charge is 0.454 e. The van der Waals surface area contributed by atoms with Crippen LogP contribution in [-0.2, 0) is 9.53 Å². The summed E-state index contributed by atoms with van der Waals surface area (Å²) in [6.45, 7) is -0.711. The molecule has 3 rings (SSSR count). The van der Waals surface area contributed by atoms with Crippen LogP contribution in [0.25, 0.3) is 11.0 Å². The first-order valence-corrected chi connectivity index (χ1v) is 8.15. The molecule has 0 aliphatic heterocycles. The molecule has 1 aromatic carbocycles. The van der Waals surface area contributed by atoms with Crippen LogP contribution in [0.15, 0.2) is 35.9 Å². The molecule has 0 aliphatic rings. The van der Waals surface area contributed by atoms with Crippen molar-refractivity contribution in [2.24, 2.45) is 0 Å². The molecule has 0 radical (unpaired) electrons. The van der Waals surface area contributed by atoms with Crippen molar-refractivity contribution in [2.45, 2.75) is 0 Å².